The van der Waals surface area contributed by atoms with Gasteiger partial charge in [-0.05, 0) is 50.6 Å². The first-order chi connectivity index (χ1) is 11.3. The molecule has 0 saturated carbocycles. The van der Waals surface area contributed by atoms with Crippen molar-refractivity contribution in [1.82, 2.24) is 5.32 Å². The Morgan fingerprint density at radius 1 is 1.12 bits per heavy atom. The Bertz CT molecular complexity index is 814. The van der Waals surface area contributed by atoms with Gasteiger partial charge in [0.2, 0.25) is 0 Å². The van der Waals surface area contributed by atoms with E-state index in [4.69, 9.17) is 0 Å². The molecule has 0 aliphatic rings. The van der Waals surface area contributed by atoms with Gasteiger partial charge in [-0.15, -0.1) is 0 Å². The van der Waals surface area contributed by atoms with E-state index in [9.17, 15) is 13.2 Å². The highest BCUT2D eigenvalue weighted by atomic mass is 32.2. The maximum Gasteiger partial charge on any atom is 0.261 e. The molecule has 2 rings (SSSR count). The Morgan fingerprint density at radius 3 is 2.42 bits per heavy atom. The molecular weight excluding hydrogens is 324 g/mol. The van der Waals surface area contributed by atoms with Crippen LogP contribution in [-0.4, -0.2) is 20.4 Å². The van der Waals surface area contributed by atoms with E-state index in [0.29, 0.717) is 11.3 Å². The third kappa shape index (κ3) is 4.58. The second-order valence-electron chi connectivity index (χ2n) is 5.78. The van der Waals surface area contributed by atoms with Crippen LogP contribution in [0.3, 0.4) is 0 Å². The number of anilines is 1. The third-order valence-corrected chi connectivity index (χ3v) is 5.10. The van der Waals surface area contributed by atoms with Crippen molar-refractivity contribution in [2.24, 2.45) is 0 Å². The van der Waals surface area contributed by atoms with Crippen LogP contribution < -0.4 is 10.0 Å². The topological polar surface area (TPSA) is 75.3 Å². The number of rotatable bonds is 6. The molecule has 128 valence electrons. The van der Waals surface area contributed by atoms with Gasteiger partial charge in [0, 0.05) is 17.3 Å². The predicted octanol–water partition coefficient (Wildman–Crippen LogP) is 3.32. The molecule has 0 bridgehead atoms. The monoisotopic (exact) mass is 346 g/mol. The van der Waals surface area contributed by atoms with Crippen LogP contribution in [0.1, 0.15) is 36.2 Å². The summed E-state index contributed by atoms with van der Waals surface area (Å²) in [5, 5.41) is 2.86. The molecule has 0 aromatic heterocycles. The smallest absolute Gasteiger partial charge is 0.261 e. The molecule has 1 amide bonds. The lowest BCUT2D eigenvalue weighted by Crippen LogP contribution is -2.31. The maximum absolute atomic E-state index is 12.4. The molecule has 6 heteroatoms. The van der Waals surface area contributed by atoms with Gasteiger partial charge in [-0.3, -0.25) is 9.52 Å². The molecule has 1 atom stereocenters. The van der Waals surface area contributed by atoms with Crippen LogP contribution in [-0.2, 0) is 10.0 Å². The minimum Gasteiger partial charge on any atom is -0.350 e. The maximum atomic E-state index is 12.4. The number of amides is 1. The second-order valence-corrected chi connectivity index (χ2v) is 7.46. The van der Waals surface area contributed by atoms with Crippen LogP contribution in [0.15, 0.2) is 53.4 Å². The number of carbonyl (C=O) groups excluding carboxylic acids is 1. The van der Waals surface area contributed by atoms with Crippen molar-refractivity contribution in [2.75, 3.05) is 4.72 Å². The first-order valence-corrected chi connectivity index (χ1v) is 9.30. The lowest BCUT2D eigenvalue weighted by atomic mass is 10.1. The fraction of sp³-hybridized carbons (Fsp3) is 0.278. The number of carbonyl (C=O) groups is 1. The first kappa shape index (κ1) is 18.0. The van der Waals surface area contributed by atoms with Crippen LogP contribution >= 0.6 is 0 Å². The molecular formula is C18H22N2O3S. The van der Waals surface area contributed by atoms with E-state index in [2.05, 4.69) is 10.0 Å². The number of benzene rings is 2. The summed E-state index contributed by atoms with van der Waals surface area (Å²) in [6.07, 6.45) is 0.825. The van der Waals surface area contributed by atoms with Crippen LogP contribution in [0, 0.1) is 6.92 Å². The molecule has 0 saturated heterocycles. The van der Waals surface area contributed by atoms with Crippen molar-refractivity contribution in [3.05, 3.63) is 59.7 Å². The van der Waals surface area contributed by atoms with Crippen molar-refractivity contribution in [1.29, 1.82) is 0 Å². The van der Waals surface area contributed by atoms with Crippen molar-refractivity contribution in [2.45, 2.75) is 38.1 Å². The van der Waals surface area contributed by atoms with Gasteiger partial charge >= 0.3 is 0 Å². The zero-order chi connectivity index (χ0) is 17.7. The van der Waals surface area contributed by atoms with Crippen LogP contribution in [0.4, 0.5) is 5.69 Å². The second kappa shape index (κ2) is 7.49. The van der Waals surface area contributed by atoms with Gasteiger partial charge in [0.15, 0.2) is 0 Å². The van der Waals surface area contributed by atoms with Crippen molar-refractivity contribution in [3.63, 3.8) is 0 Å². The summed E-state index contributed by atoms with van der Waals surface area (Å²) in [4.78, 5) is 12.3. The van der Waals surface area contributed by atoms with Crippen molar-refractivity contribution < 1.29 is 13.2 Å². The number of hydrogen-bond donors (Lipinski definition) is 2. The molecule has 2 aromatic carbocycles. The van der Waals surface area contributed by atoms with Gasteiger partial charge in [-0.25, -0.2) is 8.42 Å². The average Bonchev–Trinajstić information content (AvgIpc) is 2.55. The number of hydrogen-bond acceptors (Lipinski definition) is 3. The first-order valence-electron chi connectivity index (χ1n) is 7.82. The summed E-state index contributed by atoms with van der Waals surface area (Å²) in [5.74, 6) is -0.222. The quantitative estimate of drug-likeness (QED) is 0.842. The molecule has 0 fully saturated rings. The number of sulfonamides is 1. The Labute approximate surface area is 143 Å². The summed E-state index contributed by atoms with van der Waals surface area (Å²) < 4.78 is 27.3. The summed E-state index contributed by atoms with van der Waals surface area (Å²) in [6, 6.07) is 13.1. The zero-order valence-corrected chi connectivity index (χ0v) is 14.9. The lowest BCUT2D eigenvalue weighted by Gasteiger charge is -2.13. The van der Waals surface area contributed by atoms with E-state index in [1.165, 1.54) is 6.07 Å². The number of aryl methyl sites for hydroxylation is 1. The summed E-state index contributed by atoms with van der Waals surface area (Å²) in [6.45, 7) is 5.79. The Morgan fingerprint density at radius 2 is 1.79 bits per heavy atom. The SMILES string of the molecule is CC[C@H](C)NC(=O)c1cccc(NS(=O)(=O)c2ccc(C)cc2)c1. The molecule has 0 aliphatic carbocycles. The minimum absolute atomic E-state index is 0.0606. The Balaban J connectivity index is 2.19. The van der Waals surface area contributed by atoms with E-state index in [1.54, 1.807) is 42.5 Å². The van der Waals surface area contributed by atoms with E-state index < -0.39 is 10.0 Å². The molecule has 0 radical (unpaired) electrons. The highest BCUT2D eigenvalue weighted by Crippen LogP contribution is 2.18. The van der Waals surface area contributed by atoms with Crippen LogP contribution in [0.2, 0.25) is 0 Å². The molecule has 0 unspecified atom stereocenters. The molecule has 2 aromatic rings. The molecule has 5 nitrogen and oxygen atoms in total. The van der Waals surface area contributed by atoms with Gasteiger partial charge < -0.3 is 5.32 Å². The molecule has 24 heavy (non-hydrogen) atoms. The number of nitrogens with one attached hydrogen (secondary N) is 2. The standard InChI is InChI=1S/C18H22N2O3S/c1-4-14(3)19-18(21)15-6-5-7-16(12-15)20-24(22,23)17-10-8-13(2)9-11-17/h5-12,14,20H,4H2,1-3H3,(H,19,21)/t14-/m0/s1. The molecule has 0 heterocycles. The summed E-state index contributed by atoms with van der Waals surface area (Å²) in [7, 11) is -3.68. The Kier molecular flexibility index (Phi) is 5.62. The largest absolute Gasteiger partial charge is 0.350 e. The molecule has 0 aliphatic heterocycles. The van der Waals surface area contributed by atoms with Gasteiger partial charge in [-0.2, -0.15) is 0 Å². The van der Waals surface area contributed by atoms with Gasteiger partial charge in [0.25, 0.3) is 15.9 Å². The third-order valence-electron chi connectivity index (χ3n) is 3.70. The fourth-order valence-corrected chi connectivity index (χ4v) is 3.11. The van der Waals surface area contributed by atoms with Crippen LogP contribution in [0.5, 0.6) is 0 Å². The van der Waals surface area contributed by atoms with E-state index >= 15 is 0 Å². The average molecular weight is 346 g/mol. The summed E-state index contributed by atoms with van der Waals surface area (Å²) in [5.41, 5.74) is 1.75. The minimum atomic E-state index is -3.68. The highest BCUT2D eigenvalue weighted by Gasteiger charge is 2.15. The normalized spacial score (nSPS) is 12.5. The van der Waals surface area contributed by atoms with Crippen LogP contribution in [0.25, 0.3) is 0 Å². The molecule has 0 spiro atoms. The van der Waals surface area contributed by atoms with E-state index in [1.807, 2.05) is 20.8 Å². The van der Waals surface area contributed by atoms with Crippen molar-refractivity contribution >= 4 is 21.6 Å². The predicted molar refractivity (Wildman–Crippen MR) is 95.6 cm³/mol. The zero-order valence-electron chi connectivity index (χ0n) is 14.0. The van der Waals surface area contributed by atoms with Gasteiger partial charge in [-0.1, -0.05) is 30.7 Å². The Hall–Kier alpha value is -2.34. The van der Waals surface area contributed by atoms with E-state index in [0.717, 1.165) is 12.0 Å². The lowest BCUT2D eigenvalue weighted by molar-refractivity contribution is 0.0939. The van der Waals surface area contributed by atoms with Crippen molar-refractivity contribution in [3.8, 4) is 0 Å². The summed E-state index contributed by atoms with van der Waals surface area (Å²) >= 11 is 0. The van der Waals surface area contributed by atoms with Gasteiger partial charge in [0.05, 0.1) is 4.90 Å². The fourth-order valence-electron chi connectivity index (χ4n) is 2.06. The van der Waals surface area contributed by atoms with E-state index in [-0.39, 0.29) is 16.8 Å². The molecule has 2 N–H and O–H groups in total. The highest BCUT2D eigenvalue weighted by molar-refractivity contribution is 7.92. The van der Waals surface area contributed by atoms with Gasteiger partial charge in [0.1, 0.15) is 0 Å².